The van der Waals surface area contributed by atoms with E-state index < -0.39 is 22.5 Å². The van der Waals surface area contributed by atoms with E-state index in [0.717, 1.165) is 4.31 Å². The van der Waals surface area contributed by atoms with Crippen molar-refractivity contribution in [3.05, 3.63) is 12.3 Å². The van der Waals surface area contributed by atoms with Gasteiger partial charge in [0.05, 0.1) is 6.20 Å². The first kappa shape index (κ1) is 14.7. The van der Waals surface area contributed by atoms with E-state index in [9.17, 15) is 13.2 Å². The lowest BCUT2D eigenvalue weighted by atomic mass is 10.2. The lowest BCUT2D eigenvalue weighted by Crippen LogP contribution is -2.39. The molecule has 0 aliphatic rings. The van der Waals surface area contributed by atoms with Crippen LogP contribution in [-0.4, -0.2) is 46.7 Å². The van der Waals surface area contributed by atoms with Crippen LogP contribution in [0.15, 0.2) is 17.3 Å². The van der Waals surface area contributed by atoms with Crippen molar-refractivity contribution < 1.29 is 18.3 Å². The zero-order valence-corrected chi connectivity index (χ0v) is 11.4. The molecule has 1 aromatic heterocycles. The summed E-state index contributed by atoms with van der Waals surface area (Å²) in [6.07, 6.45) is 1.36. The number of sulfonamides is 1. The second-order valence-electron chi connectivity index (χ2n) is 4.38. The van der Waals surface area contributed by atoms with Crippen LogP contribution in [0.3, 0.4) is 0 Å². The molecule has 0 saturated heterocycles. The van der Waals surface area contributed by atoms with Crippen molar-refractivity contribution in [3.63, 3.8) is 0 Å². The molecule has 0 saturated carbocycles. The van der Waals surface area contributed by atoms with Gasteiger partial charge in [0.15, 0.2) is 5.03 Å². The average molecular weight is 275 g/mol. The first-order chi connectivity index (χ1) is 8.25. The number of aryl methyl sites for hydroxylation is 1. The van der Waals surface area contributed by atoms with Gasteiger partial charge in [-0.25, -0.2) is 8.42 Å². The summed E-state index contributed by atoms with van der Waals surface area (Å²) < 4.78 is 26.7. The van der Waals surface area contributed by atoms with Gasteiger partial charge in [-0.1, -0.05) is 13.8 Å². The number of carboxylic acid groups (broad SMARTS) is 1. The molecule has 18 heavy (non-hydrogen) atoms. The van der Waals surface area contributed by atoms with Crippen molar-refractivity contribution in [2.45, 2.75) is 18.9 Å². The molecule has 1 rings (SSSR count). The Morgan fingerprint density at radius 3 is 2.56 bits per heavy atom. The standard InChI is InChI=1S/C10H17N3O4S/c1-8(2)6-13(7-10(14)15)18(16,17)9-4-5-11-12(9)3/h4-5,8H,6-7H2,1-3H3,(H,14,15). The van der Waals surface area contributed by atoms with Crippen LogP contribution in [0.4, 0.5) is 0 Å². The van der Waals surface area contributed by atoms with E-state index in [0.29, 0.717) is 0 Å². The monoisotopic (exact) mass is 275 g/mol. The molecule has 0 unspecified atom stereocenters. The molecule has 0 fully saturated rings. The van der Waals surface area contributed by atoms with Crippen LogP contribution in [0.25, 0.3) is 0 Å². The Kier molecular flexibility index (Phi) is 4.47. The lowest BCUT2D eigenvalue weighted by Gasteiger charge is -2.21. The molecule has 1 heterocycles. The van der Waals surface area contributed by atoms with Crippen molar-refractivity contribution >= 4 is 16.0 Å². The van der Waals surface area contributed by atoms with Gasteiger partial charge in [0, 0.05) is 13.6 Å². The van der Waals surface area contributed by atoms with Crippen LogP contribution in [0.2, 0.25) is 0 Å². The summed E-state index contributed by atoms with van der Waals surface area (Å²) in [5.41, 5.74) is 0. The van der Waals surface area contributed by atoms with Gasteiger partial charge in [-0.15, -0.1) is 0 Å². The van der Waals surface area contributed by atoms with Crippen LogP contribution < -0.4 is 0 Å². The van der Waals surface area contributed by atoms with Gasteiger partial charge in [-0.2, -0.15) is 9.40 Å². The molecule has 1 aromatic rings. The normalized spacial score (nSPS) is 12.3. The minimum Gasteiger partial charge on any atom is -0.480 e. The third-order valence-corrected chi connectivity index (χ3v) is 4.15. The maximum atomic E-state index is 12.3. The van der Waals surface area contributed by atoms with E-state index in [1.807, 2.05) is 13.8 Å². The number of nitrogens with zero attached hydrogens (tertiary/aromatic N) is 3. The first-order valence-corrected chi connectivity index (χ1v) is 6.89. The maximum absolute atomic E-state index is 12.3. The fraction of sp³-hybridized carbons (Fsp3) is 0.600. The number of hydrogen-bond donors (Lipinski definition) is 1. The minimum atomic E-state index is -3.83. The number of hydrogen-bond acceptors (Lipinski definition) is 4. The van der Waals surface area contributed by atoms with E-state index in [1.54, 1.807) is 0 Å². The number of aliphatic carboxylic acids is 1. The Hall–Kier alpha value is -1.41. The highest BCUT2D eigenvalue weighted by Gasteiger charge is 2.29. The molecular formula is C10H17N3O4S. The highest BCUT2D eigenvalue weighted by atomic mass is 32.2. The van der Waals surface area contributed by atoms with Gasteiger partial charge in [0.1, 0.15) is 6.54 Å². The largest absolute Gasteiger partial charge is 0.480 e. The molecule has 0 spiro atoms. The van der Waals surface area contributed by atoms with Gasteiger partial charge < -0.3 is 5.11 Å². The topological polar surface area (TPSA) is 92.5 Å². The van der Waals surface area contributed by atoms with Gasteiger partial charge >= 0.3 is 5.97 Å². The van der Waals surface area contributed by atoms with Crippen molar-refractivity contribution in [1.82, 2.24) is 14.1 Å². The van der Waals surface area contributed by atoms with Crippen LogP contribution in [0.5, 0.6) is 0 Å². The molecule has 0 aromatic carbocycles. The highest BCUT2D eigenvalue weighted by molar-refractivity contribution is 7.89. The van der Waals surface area contributed by atoms with Crippen molar-refractivity contribution in [2.24, 2.45) is 13.0 Å². The molecule has 0 aliphatic heterocycles. The minimum absolute atomic E-state index is 0.00981. The molecule has 0 radical (unpaired) electrons. The van der Waals surface area contributed by atoms with Crippen molar-refractivity contribution in [3.8, 4) is 0 Å². The van der Waals surface area contributed by atoms with Gasteiger partial charge in [0.2, 0.25) is 0 Å². The summed E-state index contributed by atoms with van der Waals surface area (Å²) in [5, 5.41) is 12.6. The Morgan fingerprint density at radius 1 is 1.56 bits per heavy atom. The fourth-order valence-electron chi connectivity index (χ4n) is 1.55. The maximum Gasteiger partial charge on any atom is 0.318 e. The Bertz CT molecular complexity index is 521. The molecular weight excluding hydrogens is 258 g/mol. The summed E-state index contributed by atoms with van der Waals surface area (Å²) in [4.78, 5) is 10.8. The third kappa shape index (κ3) is 3.30. The second-order valence-corrected chi connectivity index (χ2v) is 6.26. The van der Waals surface area contributed by atoms with Gasteiger partial charge in [0.25, 0.3) is 10.0 Å². The number of carboxylic acids is 1. The van der Waals surface area contributed by atoms with Crippen molar-refractivity contribution in [2.75, 3.05) is 13.1 Å². The Labute approximate surface area is 106 Å². The first-order valence-electron chi connectivity index (χ1n) is 5.45. The quantitative estimate of drug-likeness (QED) is 0.798. The van der Waals surface area contributed by atoms with E-state index >= 15 is 0 Å². The summed E-state index contributed by atoms with van der Waals surface area (Å²) in [6, 6.07) is 1.35. The Morgan fingerprint density at radius 2 is 2.17 bits per heavy atom. The van der Waals surface area contributed by atoms with E-state index in [1.165, 1.54) is 24.0 Å². The lowest BCUT2D eigenvalue weighted by molar-refractivity contribution is -0.137. The molecule has 0 amide bonds. The van der Waals surface area contributed by atoms with Crippen molar-refractivity contribution in [1.29, 1.82) is 0 Å². The van der Waals surface area contributed by atoms with E-state index in [-0.39, 0.29) is 17.5 Å². The number of aromatic nitrogens is 2. The number of rotatable bonds is 6. The fourth-order valence-corrected chi connectivity index (χ4v) is 3.21. The Balaban J connectivity index is 3.11. The van der Waals surface area contributed by atoms with Crippen LogP contribution in [-0.2, 0) is 21.9 Å². The zero-order chi connectivity index (χ0) is 13.9. The SMILES string of the molecule is CC(C)CN(CC(=O)O)S(=O)(=O)c1ccnn1C. The molecule has 0 atom stereocenters. The van der Waals surface area contributed by atoms with Gasteiger partial charge in [-0.3, -0.25) is 9.48 Å². The smallest absolute Gasteiger partial charge is 0.318 e. The molecule has 7 nitrogen and oxygen atoms in total. The summed E-state index contributed by atoms with van der Waals surface area (Å²) >= 11 is 0. The molecule has 102 valence electrons. The zero-order valence-electron chi connectivity index (χ0n) is 10.6. The van der Waals surface area contributed by atoms with Gasteiger partial charge in [-0.05, 0) is 12.0 Å². The average Bonchev–Trinajstić information content (AvgIpc) is 2.62. The predicted molar refractivity (Wildman–Crippen MR) is 64.4 cm³/mol. The number of carbonyl (C=O) groups is 1. The molecule has 0 bridgehead atoms. The van der Waals surface area contributed by atoms with Crippen LogP contribution in [0.1, 0.15) is 13.8 Å². The highest BCUT2D eigenvalue weighted by Crippen LogP contribution is 2.15. The summed E-state index contributed by atoms with van der Waals surface area (Å²) in [7, 11) is -2.32. The summed E-state index contributed by atoms with van der Waals surface area (Å²) in [5.74, 6) is -1.14. The summed E-state index contributed by atoms with van der Waals surface area (Å²) in [6.45, 7) is 3.26. The second kappa shape index (κ2) is 5.49. The molecule has 8 heteroatoms. The van der Waals surface area contributed by atoms with Crippen LogP contribution in [0, 0.1) is 5.92 Å². The van der Waals surface area contributed by atoms with E-state index in [4.69, 9.17) is 5.11 Å². The predicted octanol–water partition coefficient (Wildman–Crippen LogP) is 0.151. The third-order valence-electron chi connectivity index (χ3n) is 2.26. The molecule has 1 N–H and O–H groups in total. The van der Waals surface area contributed by atoms with E-state index in [2.05, 4.69) is 5.10 Å². The van der Waals surface area contributed by atoms with Crippen LogP contribution >= 0.6 is 0 Å². The molecule has 0 aliphatic carbocycles.